The lowest BCUT2D eigenvalue weighted by atomic mass is 10.0. The topological polar surface area (TPSA) is 48.5 Å². The predicted octanol–water partition coefficient (Wildman–Crippen LogP) is 3.95. The number of hydrogen-bond acceptors (Lipinski definition) is 3. The van der Waals surface area contributed by atoms with Crippen molar-refractivity contribution in [3.8, 4) is 28.2 Å². The minimum absolute atomic E-state index is 0.260. The number of aromatic nitrogens is 5. The first kappa shape index (κ1) is 14.4. The number of hydrogen-bond donors (Lipinski definition) is 0. The molecule has 25 heavy (non-hydrogen) atoms. The summed E-state index contributed by atoms with van der Waals surface area (Å²) in [6.07, 6.45) is 3.19. The molecule has 0 unspecified atom stereocenters. The van der Waals surface area contributed by atoms with Gasteiger partial charge in [0.25, 0.3) is 0 Å². The number of nitrogens with zero attached hydrogens (tertiary/aromatic N) is 5. The van der Waals surface area contributed by atoms with Crippen molar-refractivity contribution in [2.45, 2.75) is 6.54 Å². The van der Waals surface area contributed by atoms with E-state index in [1.165, 1.54) is 12.4 Å². The molecule has 0 atom stereocenters. The van der Waals surface area contributed by atoms with Gasteiger partial charge in [0.1, 0.15) is 18.5 Å². The molecule has 2 aromatic carbocycles. The molecule has 0 saturated carbocycles. The van der Waals surface area contributed by atoms with Gasteiger partial charge in [-0.05, 0) is 23.8 Å². The van der Waals surface area contributed by atoms with E-state index in [4.69, 9.17) is 11.6 Å². The molecule has 5 nitrogen and oxygen atoms in total. The fraction of sp³-hybridized carbons (Fsp3) is 0.0556. The summed E-state index contributed by atoms with van der Waals surface area (Å²) in [6, 6.07) is 12.5. The molecule has 0 fully saturated rings. The lowest BCUT2D eigenvalue weighted by molar-refractivity contribution is 0.631. The Bertz CT molecular complexity index is 1110. The Morgan fingerprint density at radius 3 is 2.80 bits per heavy atom. The summed E-state index contributed by atoms with van der Waals surface area (Å²) in [4.78, 5) is 8.59. The Balaban J connectivity index is 1.80. The van der Waals surface area contributed by atoms with Gasteiger partial charge in [-0.3, -0.25) is 4.57 Å². The van der Waals surface area contributed by atoms with Gasteiger partial charge in [-0.2, -0.15) is 5.10 Å². The van der Waals surface area contributed by atoms with Crippen LogP contribution in [0.15, 0.2) is 55.1 Å². The number of rotatable bonds is 1. The van der Waals surface area contributed by atoms with E-state index in [2.05, 4.69) is 15.1 Å². The van der Waals surface area contributed by atoms with E-state index in [1.54, 1.807) is 23.1 Å². The van der Waals surface area contributed by atoms with Crippen molar-refractivity contribution < 1.29 is 4.39 Å². The van der Waals surface area contributed by atoms with Crippen LogP contribution in [0.3, 0.4) is 0 Å². The van der Waals surface area contributed by atoms with Crippen LogP contribution in [0.4, 0.5) is 4.39 Å². The second-order valence-electron chi connectivity index (χ2n) is 5.81. The lowest BCUT2D eigenvalue weighted by Gasteiger charge is -2.11. The third-order valence-corrected chi connectivity index (χ3v) is 4.73. The van der Waals surface area contributed by atoms with Crippen LogP contribution in [0.1, 0.15) is 5.69 Å². The Labute approximate surface area is 147 Å². The van der Waals surface area contributed by atoms with Gasteiger partial charge in [0.05, 0.1) is 17.9 Å². The van der Waals surface area contributed by atoms with Crippen LogP contribution in [-0.2, 0) is 6.54 Å². The van der Waals surface area contributed by atoms with Gasteiger partial charge >= 0.3 is 0 Å². The number of benzene rings is 2. The zero-order valence-corrected chi connectivity index (χ0v) is 13.7. The molecule has 3 heterocycles. The van der Waals surface area contributed by atoms with Crippen LogP contribution in [0.5, 0.6) is 0 Å². The van der Waals surface area contributed by atoms with Crippen molar-refractivity contribution in [1.29, 1.82) is 0 Å². The van der Waals surface area contributed by atoms with Gasteiger partial charge in [-0.25, -0.2) is 19.0 Å². The summed E-state index contributed by atoms with van der Waals surface area (Å²) in [5, 5.41) is 4.72. The molecule has 1 aliphatic heterocycles. The third-order valence-electron chi connectivity index (χ3n) is 4.41. The predicted molar refractivity (Wildman–Crippen MR) is 92.1 cm³/mol. The number of fused-ring (bicyclic) bond motifs is 5. The molecule has 1 aliphatic rings. The maximum absolute atomic E-state index is 14.2. The molecule has 0 N–H and O–H groups in total. The normalized spacial score (nSPS) is 12.2. The van der Waals surface area contributed by atoms with E-state index in [9.17, 15) is 4.39 Å². The van der Waals surface area contributed by atoms with Gasteiger partial charge in [-0.1, -0.05) is 35.9 Å². The maximum atomic E-state index is 14.2. The first-order valence-electron chi connectivity index (χ1n) is 7.71. The molecule has 0 amide bonds. The summed E-state index contributed by atoms with van der Waals surface area (Å²) < 4.78 is 17.9. The SMILES string of the molecule is Fc1ccccc1-c1ccc2c(c1)-c1ncnn1Cc1c(Cl)ncn1-2. The zero-order chi connectivity index (χ0) is 17.0. The molecule has 0 spiro atoms. The Morgan fingerprint density at radius 2 is 1.92 bits per heavy atom. The monoisotopic (exact) mass is 351 g/mol. The van der Waals surface area contributed by atoms with Gasteiger partial charge in [-0.15, -0.1) is 0 Å². The number of imidazole rings is 1. The van der Waals surface area contributed by atoms with E-state index in [0.29, 0.717) is 23.1 Å². The van der Waals surface area contributed by atoms with Crippen LogP contribution in [0.2, 0.25) is 5.15 Å². The summed E-state index contributed by atoms with van der Waals surface area (Å²) in [5.74, 6) is 0.455. The van der Waals surface area contributed by atoms with Crippen molar-refractivity contribution in [1.82, 2.24) is 24.3 Å². The molecule has 2 aromatic heterocycles. The first-order chi connectivity index (χ1) is 12.2. The molecule has 7 heteroatoms. The highest BCUT2D eigenvalue weighted by Crippen LogP contribution is 2.35. The highest BCUT2D eigenvalue weighted by atomic mass is 35.5. The van der Waals surface area contributed by atoms with Crippen molar-refractivity contribution >= 4 is 11.6 Å². The van der Waals surface area contributed by atoms with Gasteiger partial charge < -0.3 is 0 Å². The van der Waals surface area contributed by atoms with E-state index < -0.39 is 0 Å². The second-order valence-corrected chi connectivity index (χ2v) is 6.16. The Hall–Kier alpha value is -2.99. The third kappa shape index (κ3) is 2.11. The van der Waals surface area contributed by atoms with Gasteiger partial charge in [0.2, 0.25) is 0 Å². The molecule has 0 aliphatic carbocycles. The molecule has 0 bridgehead atoms. The van der Waals surface area contributed by atoms with E-state index in [-0.39, 0.29) is 5.82 Å². The van der Waals surface area contributed by atoms with Crippen molar-refractivity contribution in [2.75, 3.05) is 0 Å². The van der Waals surface area contributed by atoms with Gasteiger partial charge in [0, 0.05) is 11.1 Å². The van der Waals surface area contributed by atoms with Crippen molar-refractivity contribution in [3.63, 3.8) is 0 Å². The summed E-state index contributed by atoms with van der Waals surface area (Å²) in [7, 11) is 0. The highest BCUT2D eigenvalue weighted by Gasteiger charge is 2.23. The van der Waals surface area contributed by atoms with E-state index in [1.807, 2.05) is 28.8 Å². The average Bonchev–Trinajstić information content (AvgIpc) is 3.20. The minimum atomic E-state index is -0.260. The Morgan fingerprint density at radius 1 is 1.04 bits per heavy atom. The molecular formula is C18H11ClFN5. The Kier molecular flexibility index (Phi) is 3.02. The summed E-state index contributed by atoms with van der Waals surface area (Å²) in [6.45, 7) is 0.470. The van der Waals surface area contributed by atoms with Crippen LogP contribution < -0.4 is 0 Å². The minimum Gasteiger partial charge on any atom is -0.299 e. The average molecular weight is 352 g/mol. The lowest BCUT2D eigenvalue weighted by Crippen LogP contribution is -2.04. The van der Waals surface area contributed by atoms with Crippen LogP contribution in [0, 0.1) is 5.82 Å². The highest BCUT2D eigenvalue weighted by molar-refractivity contribution is 6.30. The van der Waals surface area contributed by atoms with E-state index in [0.717, 1.165) is 22.5 Å². The quantitative estimate of drug-likeness (QED) is 0.459. The zero-order valence-electron chi connectivity index (χ0n) is 12.9. The molecule has 122 valence electrons. The smallest absolute Gasteiger partial charge is 0.160 e. The fourth-order valence-electron chi connectivity index (χ4n) is 3.22. The maximum Gasteiger partial charge on any atom is 0.160 e. The fourth-order valence-corrected chi connectivity index (χ4v) is 3.41. The van der Waals surface area contributed by atoms with Crippen LogP contribution in [-0.4, -0.2) is 24.3 Å². The molecule has 0 saturated heterocycles. The molecule has 0 radical (unpaired) electrons. The van der Waals surface area contributed by atoms with Crippen molar-refractivity contribution in [3.05, 3.63) is 71.8 Å². The summed E-state index contributed by atoms with van der Waals surface area (Å²) >= 11 is 6.24. The van der Waals surface area contributed by atoms with Crippen LogP contribution in [0.25, 0.3) is 28.2 Å². The molecular weight excluding hydrogens is 341 g/mol. The van der Waals surface area contributed by atoms with Crippen molar-refractivity contribution in [2.24, 2.45) is 0 Å². The molecule has 5 rings (SSSR count). The largest absolute Gasteiger partial charge is 0.299 e. The first-order valence-corrected chi connectivity index (χ1v) is 8.09. The summed E-state index contributed by atoms with van der Waals surface area (Å²) in [5.41, 5.74) is 3.91. The van der Waals surface area contributed by atoms with Gasteiger partial charge in [0.15, 0.2) is 11.0 Å². The standard InChI is InChI=1S/C18H11ClFN5/c19-17-16-8-25-18(21-9-23-25)13-7-11(12-3-1-2-4-14(12)20)5-6-15(13)24(16)10-22-17/h1-7,9-10H,8H2. The molecule has 4 aromatic rings. The second kappa shape index (κ2) is 5.26. The van der Waals surface area contributed by atoms with E-state index >= 15 is 0 Å². The number of halogens is 2. The van der Waals surface area contributed by atoms with Crippen LogP contribution >= 0.6 is 11.6 Å².